The Morgan fingerprint density at radius 2 is 1.67 bits per heavy atom. The Labute approximate surface area is 303 Å². The largest absolute Gasteiger partial charge is 0.493 e. The van der Waals surface area contributed by atoms with Gasteiger partial charge in [-0.2, -0.15) is 0 Å². The number of amides is 2. The molecule has 0 spiro atoms. The second-order valence-corrected chi connectivity index (χ2v) is 15.6. The second-order valence-electron chi connectivity index (χ2n) is 14.3. The summed E-state index contributed by atoms with van der Waals surface area (Å²) in [5, 5.41) is 9.41. The first-order valence-electron chi connectivity index (χ1n) is 17.2. The molecule has 5 heterocycles. The molecule has 0 saturated carbocycles. The van der Waals surface area contributed by atoms with E-state index < -0.39 is 0 Å². The zero-order valence-corrected chi connectivity index (χ0v) is 30.2. The molecule has 0 radical (unpaired) electrons. The van der Waals surface area contributed by atoms with Gasteiger partial charge in [0.2, 0.25) is 0 Å². The van der Waals surface area contributed by atoms with Gasteiger partial charge in [0.25, 0.3) is 11.8 Å². The number of nitrogens with two attached hydrogens (primary N) is 1. The van der Waals surface area contributed by atoms with Gasteiger partial charge in [0.15, 0.2) is 11.5 Å². The number of carbonyl (C=O) groups is 2. The molecule has 4 aliphatic heterocycles. The zero-order valence-electron chi connectivity index (χ0n) is 29.4. The van der Waals surface area contributed by atoms with Crippen LogP contribution in [-0.2, 0) is 19.6 Å². The van der Waals surface area contributed by atoms with Crippen LogP contribution in [0.25, 0.3) is 0 Å². The van der Waals surface area contributed by atoms with Crippen molar-refractivity contribution < 1.29 is 23.8 Å². The Kier molecular flexibility index (Phi) is 9.56. The van der Waals surface area contributed by atoms with E-state index in [1.165, 1.54) is 11.9 Å². The maximum Gasteiger partial charge on any atom is 0.257 e. The number of carbonyl (C=O) groups excluding carboxylic acids is 2. The lowest BCUT2D eigenvalue weighted by molar-refractivity contribution is 0.0750. The number of nitrogens with one attached hydrogen (secondary N) is 1. The molecule has 7 rings (SSSR count). The van der Waals surface area contributed by atoms with Crippen LogP contribution in [0.5, 0.6) is 17.2 Å². The number of benzene rings is 2. The number of nitrogens with zero attached hydrogens (tertiary/aromatic N) is 4. The fourth-order valence-corrected chi connectivity index (χ4v) is 7.28. The number of hydrogen-bond acceptors (Lipinski definition) is 10. The Morgan fingerprint density at radius 3 is 2.43 bits per heavy atom. The molecule has 2 saturated heterocycles. The number of ether oxygens (including phenoxy) is 3. The molecule has 0 aliphatic carbocycles. The Morgan fingerprint density at radius 1 is 0.941 bits per heavy atom. The first-order chi connectivity index (χ1) is 24.5. The summed E-state index contributed by atoms with van der Waals surface area (Å²) in [5.41, 5.74) is 7.05. The Bertz CT molecular complexity index is 1940. The highest BCUT2D eigenvalue weighted by molar-refractivity contribution is 7.98. The van der Waals surface area contributed by atoms with Gasteiger partial charge in [-0.3, -0.25) is 24.7 Å². The molecule has 2 amide bonds. The van der Waals surface area contributed by atoms with Gasteiger partial charge in [-0.15, -0.1) is 0 Å². The zero-order chi connectivity index (χ0) is 35.9. The summed E-state index contributed by atoms with van der Waals surface area (Å²) in [6, 6.07) is 13.1. The topological polar surface area (TPSA) is 132 Å². The predicted octanol–water partition coefficient (Wildman–Crippen LogP) is 6.25. The molecule has 2 atom stereocenters. The van der Waals surface area contributed by atoms with Crippen LogP contribution in [0.1, 0.15) is 70.8 Å². The number of fused-ring (bicyclic) bond motifs is 4. The number of anilines is 1. The summed E-state index contributed by atoms with van der Waals surface area (Å²) in [6.07, 6.45) is 4.99. The van der Waals surface area contributed by atoms with Crippen molar-refractivity contribution in [2.45, 2.75) is 69.6 Å². The van der Waals surface area contributed by atoms with Crippen LogP contribution in [0.4, 0.5) is 11.4 Å². The van der Waals surface area contributed by atoms with Gasteiger partial charge in [0, 0.05) is 42.7 Å². The van der Waals surface area contributed by atoms with Crippen LogP contribution in [0, 0.1) is 0 Å². The van der Waals surface area contributed by atoms with Crippen molar-refractivity contribution in [3.63, 3.8) is 0 Å². The fourth-order valence-electron chi connectivity index (χ4n) is 7.06. The van der Waals surface area contributed by atoms with E-state index in [9.17, 15) is 9.59 Å². The van der Waals surface area contributed by atoms with Crippen LogP contribution < -0.4 is 24.7 Å². The molecule has 3 aromatic rings. The predicted molar refractivity (Wildman–Crippen MR) is 200 cm³/mol. The number of methoxy groups -OCH3 is 1. The summed E-state index contributed by atoms with van der Waals surface area (Å²) in [7, 11) is 1.55. The third-order valence-electron chi connectivity index (χ3n) is 9.91. The minimum absolute atomic E-state index is 0.0129. The molecule has 3 N–H and O–H groups in total. The minimum Gasteiger partial charge on any atom is -0.493 e. The van der Waals surface area contributed by atoms with Crippen molar-refractivity contribution in [2.24, 2.45) is 10.1 Å². The van der Waals surface area contributed by atoms with Crippen LogP contribution >= 0.6 is 11.9 Å². The molecular formula is C39H44N6O5S. The molecule has 4 aliphatic rings. The summed E-state index contributed by atoms with van der Waals surface area (Å²) in [5.74, 6) is 1.46. The van der Waals surface area contributed by atoms with Gasteiger partial charge in [-0.05, 0) is 75.4 Å². The van der Waals surface area contributed by atoms with Gasteiger partial charge in [0.05, 0.1) is 53.1 Å². The minimum atomic E-state index is -0.105. The van der Waals surface area contributed by atoms with Gasteiger partial charge in [-0.25, -0.2) is 0 Å². The van der Waals surface area contributed by atoms with Crippen LogP contribution in [0.2, 0.25) is 0 Å². The summed E-state index contributed by atoms with van der Waals surface area (Å²) >= 11 is 1.35. The lowest BCUT2D eigenvalue weighted by atomic mass is 10.0. The van der Waals surface area contributed by atoms with Gasteiger partial charge in [-0.1, -0.05) is 36.3 Å². The normalized spacial score (nSPS) is 19.5. The summed E-state index contributed by atoms with van der Waals surface area (Å²) in [4.78, 5) is 40.0. The van der Waals surface area contributed by atoms with Crippen molar-refractivity contribution in [2.75, 3.05) is 32.1 Å². The number of pyridine rings is 1. The van der Waals surface area contributed by atoms with E-state index in [0.717, 1.165) is 53.0 Å². The molecule has 11 nitrogen and oxygen atoms in total. The van der Waals surface area contributed by atoms with Crippen LogP contribution in [0.15, 0.2) is 71.8 Å². The quantitative estimate of drug-likeness (QED) is 0.175. The van der Waals surface area contributed by atoms with E-state index >= 15 is 0 Å². The number of rotatable bonds is 11. The Hall–Kier alpha value is -4.81. The molecule has 51 heavy (non-hydrogen) atoms. The lowest BCUT2D eigenvalue weighted by Gasteiger charge is -2.21. The van der Waals surface area contributed by atoms with Crippen molar-refractivity contribution in [3.05, 3.63) is 94.8 Å². The first kappa shape index (κ1) is 34.6. The molecule has 2 fully saturated rings. The number of aryl methyl sites for hydroxylation is 1. The van der Waals surface area contributed by atoms with Crippen molar-refractivity contribution >= 4 is 41.4 Å². The smallest absolute Gasteiger partial charge is 0.257 e. The maximum atomic E-state index is 13.4. The van der Waals surface area contributed by atoms with E-state index in [1.54, 1.807) is 24.1 Å². The van der Waals surface area contributed by atoms with E-state index in [2.05, 4.69) is 43.4 Å². The number of aromatic nitrogens is 1. The standard InChI is InChI=1S/C39H44N6O5S/c1-23-10-28-17-41-33-14-30(6-7-31(33)37(46)44(28)19-23)49-21-26-12-25(8-9-39(3,4)51-40)13-27(43-26)22-50-36-16-34-32(15-35(36)48-5)38(47)45-20-24(2)11-29(45)18-42-34/h6-7,12-16,18,28-29,41H,1-2,8-11,17,19-22,40H2,3-5H3/t28-,29-/m0/s1. The molecule has 12 heteroatoms. The summed E-state index contributed by atoms with van der Waals surface area (Å²) in [6.45, 7) is 14.6. The SMILES string of the molecule is C=C1C[C@H]2CNc3cc(OCc4cc(CCC(C)(C)SN)cc(COc5cc6c(cc5OC)C(=O)N5CC(=C)C[C@H]5C=N6)n4)ccc3C(=O)N2C1. The first-order valence-corrected chi connectivity index (χ1v) is 18.1. The highest BCUT2D eigenvalue weighted by Gasteiger charge is 2.36. The van der Waals surface area contributed by atoms with E-state index in [4.69, 9.17) is 24.3 Å². The van der Waals surface area contributed by atoms with Crippen molar-refractivity contribution in [1.29, 1.82) is 0 Å². The van der Waals surface area contributed by atoms with E-state index in [0.29, 0.717) is 60.1 Å². The van der Waals surface area contributed by atoms with Crippen molar-refractivity contribution in [3.8, 4) is 17.2 Å². The highest BCUT2D eigenvalue weighted by atomic mass is 32.2. The second kappa shape index (κ2) is 14.1. The fraction of sp³-hybridized carbons (Fsp3) is 0.385. The molecule has 266 valence electrons. The van der Waals surface area contributed by atoms with Crippen molar-refractivity contribution in [1.82, 2.24) is 14.8 Å². The molecule has 2 aromatic carbocycles. The van der Waals surface area contributed by atoms with Crippen LogP contribution in [-0.4, -0.2) is 76.4 Å². The monoisotopic (exact) mass is 708 g/mol. The molecule has 0 unspecified atom stereocenters. The van der Waals surface area contributed by atoms with Crippen LogP contribution in [0.3, 0.4) is 0 Å². The average Bonchev–Trinajstić information content (AvgIpc) is 3.63. The third kappa shape index (κ3) is 7.34. The Balaban J connectivity index is 1.10. The van der Waals surface area contributed by atoms with E-state index in [-0.39, 0.29) is 41.9 Å². The summed E-state index contributed by atoms with van der Waals surface area (Å²) < 4.78 is 18.1. The lowest BCUT2D eigenvalue weighted by Crippen LogP contribution is -2.36. The molecule has 0 bridgehead atoms. The van der Waals surface area contributed by atoms with E-state index in [1.807, 2.05) is 35.4 Å². The van der Waals surface area contributed by atoms with Gasteiger partial charge < -0.3 is 29.3 Å². The number of hydrogen-bond donors (Lipinski definition) is 2. The number of aliphatic imine (C=N–C) groups is 1. The average molecular weight is 709 g/mol. The molecular weight excluding hydrogens is 665 g/mol. The van der Waals surface area contributed by atoms with Gasteiger partial charge >= 0.3 is 0 Å². The molecule has 1 aromatic heterocycles. The maximum absolute atomic E-state index is 13.4. The van der Waals surface area contributed by atoms with Gasteiger partial charge in [0.1, 0.15) is 19.0 Å². The highest BCUT2D eigenvalue weighted by Crippen LogP contribution is 2.39. The third-order valence-corrected chi connectivity index (χ3v) is 10.8.